The molecule has 0 atom stereocenters. The van der Waals surface area contributed by atoms with Crippen molar-refractivity contribution in [3.05, 3.63) is 69.2 Å². The summed E-state index contributed by atoms with van der Waals surface area (Å²) in [4.78, 5) is 15.5. The van der Waals surface area contributed by atoms with E-state index in [1.165, 1.54) is 4.88 Å². The smallest absolute Gasteiger partial charge is 0.246 e. The van der Waals surface area contributed by atoms with Gasteiger partial charge in [-0.3, -0.25) is 4.79 Å². The molecular formula is C23H26N2O4S. The van der Waals surface area contributed by atoms with E-state index in [-0.39, 0.29) is 5.91 Å². The van der Waals surface area contributed by atoms with Gasteiger partial charge in [0, 0.05) is 17.5 Å². The van der Waals surface area contributed by atoms with Gasteiger partial charge in [0.2, 0.25) is 5.91 Å². The van der Waals surface area contributed by atoms with Gasteiger partial charge in [-0.25, -0.2) is 0 Å². The molecule has 0 fully saturated rings. The maximum Gasteiger partial charge on any atom is 0.246 e. The Morgan fingerprint density at radius 1 is 1.27 bits per heavy atom. The molecule has 0 aliphatic heterocycles. The molecular weight excluding hydrogens is 400 g/mol. The fraction of sp³-hybridized carbons (Fsp3) is 0.304. The van der Waals surface area contributed by atoms with Crippen molar-refractivity contribution in [2.45, 2.75) is 33.9 Å². The molecule has 0 bridgehead atoms. The molecule has 0 saturated carbocycles. The standard InChI is InChI=1S/C23H26N2O4S/c1-5-25(14-19-7-6-12-30-19)23(26)11-9-18-8-10-21(22(13-18)27-4)28-15-20-16(2)24-29-17(20)3/h6-13H,5,14-15H2,1-4H3. The summed E-state index contributed by atoms with van der Waals surface area (Å²) in [7, 11) is 1.59. The second-order valence-electron chi connectivity index (χ2n) is 6.77. The number of ether oxygens (including phenoxy) is 2. The molecule has 0 saturated heterocycles. The molecule has 0 aliphatic carbocycles. The van der Waals surface area contributed by atoms with Crippen LogP contribution in [0, 0.1) is 13.8 Å². The van der Waals surface area contributed by atoms with Gasteiger partial charge in [-0.2, -0.15) is 0 Å². The SMILES string of the molecule is CCN(Cc1cccs1)C(=O)C=Cc1ccc(OCc2c(C)noc2C)c(OC)c1. The Labute approximate surface area is 180 Å². The number of aryl methyl sites for hydroxylation is 2. The second-order valence-corrected chi connectivity index (χ2v) is 7.80. The Balaban J connectivity index is 1.66. The van der Waals surface area contributed by atoms with Crippen LogP contribution < -0.4 is 9.47 Å². The number of aromatic nitrogens is 1. The van der Waals surface area contributed by atoms with E-state index < -0.39 is 0 Å². The van der Waals surface area contributed by atoms with Crippen LogP contribution in [0.5, 0.6) is 11.5 Å². The lowest BCUT2D eigenvalue weighted by molar-refractivity contribution is -0.126. The van der Waals surface area contributed by atoms with Crippen LogP contribution in [0.2, 0.25) is 0 Å². The van der Waals surface area contributed by atoms with Crippen molar-refractivity contribution in [3.63, 3.8) is 0 Å². The zero-order chi connectivity index (χ0) is 21.5. The summed E-state index contributed by atoms with van der Waals surface area (Å²) in [6, 6.07) is 9.61. The molecule has 0 spiro atoms. The third kappa shape index (κ3) is 5.30. The van der Waals surface area contributed by atoms with Crippen molar-refractivity contribution < 1.29 is 18.8 Å². The minimum Gasteiger partial charge on any atom is -0.493 e. The minimum absolute atomic E-state index is 0.0244. The number of rotatable bonds is 9. The fourth-order valence-corrected chi connectivity index (χ4v) is 3.69. The summed E-state index contributed by atoms with van der Waals surface area (Å²) in [5.74, 6) is 1.94. The van der Waals surface area contributed by atoms with Crippen molar-refractivity contribution in [3.8, 4) is 11.5 Å². The van der Waals surface area contributed by atoms with Gasteiger partial charge in [0.05, 0.1) is 24.9 Å². The highest BCUT2D eigenvalue weighted by Crippen LogP contribution is 2.30. The average molecular weight is 427 g/mol. The van der Waals surface area contributed by atoms with E-state index in [2.05, 4.69) is 5.16 Å². The van der Waals surface area contributed by atoms with E-state index in [4.69, 9.17) is 14.0 Å². The van der Waals surface area contributed by atoms with Gasteiger partial charge in [-0.15, -0.1) is 11.3 Å². The van der Waals surface area contributed by atoms with E-state index in [1.54, 1.807) is 35.5 Å². The number of carbonyl (C=O) groups excluding carboxylic acids is 1. The van der Waals surface area contributed by atoms with Crippen LogP contribution in [0.15, 0.2) is 46.3 Å². The molecule has 6 nitrogen and oxygen atoms in total. The number of benzene rings is 1. The number of thiophene rings is 1. The zero-order valence-corrected chi connectivity index (χ0v) is 18.5. The maximum absolute atomic E-state index is 12.6. The third-order valence-electron chi connectivity index (χ3n) is 4.78. The number of nitrogens with zero attached hydrogens (tertiary/aromatic N) is 2. The number of carbonyl (C=O) groups is 1. The topological polar surface area (TPSA) is 64.8 Å². The van der Waals surface area contributed by atoms with Gasteiger partial charge in [0.1, 0.15) is 12.4 Å². The van der Waals surface area contributed by atoms with Crippen molar-refractivity contribution in [1.29, 1.82) is 0 Å². The Hall–Kier alpha value is -3.06. The highest BCUT2D eigenvalue weighted by Gasteiger charge is 2.13. The van der Waals surface area contributed by atoms with Crippen molar-refractivity contribution in [2.75, 3.05) is 13.7 Å². The van der Waals surface area contributed by atoms with E-state index in [9.17, 15) is 4.79 Å². The van der Waals surface area contributed by atoms with Gasteiger partial charge in [0.15, 0.2) is 11.5 Å². The van der Waals surface area contributed by atoms with Gasteiger partial charge >= 0.3 is 0 Å². The first-order valence-corrected chi connectivity index (χ1v) is 10.6. The lowest BCUT2D eigenvalue weighted by Crippen LogP contribution is -2.28. The van der Waals surface area contributed by atoms with Gasteiger partial charge < -0.3 is 18.9 Å². The van der Waals surface area contributed by atoms with E-state index >= 15 is 0 Å². The van der Waals surface area contributed by atoms with Gasteiger partial charge in [-0.05, 0) is 56.0 Å². The Bertz CT molecular complexity index is 989. The molecule has 1 amide bonds. The van der Waals surface area contributed by atoms with Crippen molar-refractivity contribution in [2.24, 2.45) is 0 Å². The quantitative estimate of drug-likeness (QED) is 0.451. The Morgan fingerprint density at radius 2 is 2.10 bits per heavy atom. The second kappa shape index (κ2) is 10.1. The highest BCUT2D eigenvalue weighted by molar-refractivity contribution is 7.09. The monoisotopic (exact) mass is 426 g/mol. The predicted octanol–water partition coefficient (Wildman–Crippen LogP) is 5.00. The van der Waals surface area contributed by atoms with E-state index in [1.807, 2.05) is 56.5 Å². The Kier molecular flexibility index (Phi) is 7.30. The molecule has 30 heavy (non-hydrogen) atoms. The summed E-state index contributed by atoms with van der Waals surface area (Å²) in [6.45, 7) is 7.34. The Morgan fingerprint density at radius 3 is 2.73 bits per heavy atom. The van der Waals surface area contributed by atoms with Crippen LogP contribution in [-0.2, 0) is 17.9 Å². The van der Waals surface area contributed by atoms with E-state index in [0.29, 0.717) is 31.2 Å². The van der Waals surface area contributed by atoms with E-state index in [0.717, 1.165) is 22.6 Å². The first-order chi connectivity index (χ1) is 14.5. The predicted molar refractivity (Wildman–Crippen MR) is 118 cm³/mol. The largest absolute Gasteiger partial charge is 0.493 e. The highest BCUT2D eigenvalue weighted by atomic mass is 32.1. The number of likely N-dealkylation sites (N-methyl/N-ethyl adjacent to an activating group) is 1. The zero-order valence-electron chi connectivity index (χ0n) is 17.7. The summed E-state index contributed by atoms with van der Waals surface area (Å²) in [5, 5.41) is 5.96. The molecule has 3 aromatic rings. The summed E-state index contributed by atoms with van der Waals surface area (Å²) < 4.78 is 16.5. The lowest BCUT2D eigenvalue weighted by atomic mass is 10.1. The normalized spacial score (nSPS) is 11.1. The fourth-order valence-electron chi connectivity index (χ4n) is 2.97. The first kappa shape index (κ1) is 21.6. The van der Waals surface area contributed by atoms with Crippen LogP contribution in [0.1, 0.15) is 34.4 Å². The molecule has 0 N–H and O–H groups in total. The molecule has 1 aromatic carbocycles. The molecule has 7 heteroatoms. The molecule has 2 heterocycles. The molecule has 0 aliphatic rings. The summed E-state index contributed by atoms with van der Waals surface area (Å²) >= 11 is 1.65. The maximum atomic E-state index is 12.6. The number of hydrogen-bond donors (Lipinski definition) is 0. The molecule has 2 aromatic heterocycles. The first-order valence-electron chi connectivity index (χ1n) is 9.73. The molecule has 0 unspecified atom stereocenters. The molecule has 0 radical (unpaired) electrons. The van der Waals surface area contributed by atoms with Crippen LogP contribution in [0.3, 0.4) is 0 Å². The van der Waals surface area contributed by atoms with Gasteiger partial charge in [-0.1, -0.05) is 17.3 Å². The third-order valence-corrected chi connectivity index (χ3v) is 5.64. The van der Waals surface area contributed by atoms with Crippen molar-refractivity contribution >= 4 is 23.3 Å². The van der Waals surface area contributed by atoms with Crippen LogP contribution in [-0.4, -0.2) is 29.6 Å². The minimum atomic E-state index is -0.0244. The van der Waals surface area contributed by atoms with Gasteiger partial charge in [0.25, 0.3) is 0 Å². The number of methoxy groups -OCH3 is 1. The summed E-state index contributed by atoms with van der Waals surface area (Å²) in [5.41, 5.74) is 2.60. The average Bonchev–Trinajstić information content (AvgIpc) is 3.38. The number of amides is 1. The molecule has 3 rings (SSSR count). The van der Waals surface area contributed by atoms with Crippen LogP contribution >= 0.6 is 11.3 Å². The van der Waals surface area contributed by atoms with Crippen LogP contribution in [0.4, 0.5) is 0 Å². The number of hydrogen-bond acceptors (Lipinski definition) is 6. The van der Waals surface area contributed by atoms with Crippen LogP contribution in [0.25, 0.3) is 6.08 Å². The summed E-state index contributed by atoms with van der Waals surface area (Å²) in [6.07, 6.45) is 3.39. The lowest BCUT2D eigenvalue weighted by Gasteiger charge is -2.18. The van der Waals surface area contributed by atoms with Crippen molar-refractivity contribution in [1.82, 2.24) is 10.1 Å². The molecule has 158 valence electrons.